The summed E-state index contributed by atoms with van der Waals surface area (Å²) in [6, 6.07) is 9.46. The molecule has 5 rings (SSSR count). The molecule has 2 amide bonds. The number of fused-ring (bicyclic) bond motifs is 1. The molecule has 1 aromatic carbocycles. The average Bonchev–Trinajstić information content (AvgIpc) is 3.69. The molecule has 0 radical (unpaired) electrons. The van der Waals surface area contributed by atoms with Crippen LogP contribution in [0, 0.1) is 11.8 Å². The Labute approximate surface area is 193 Å². The van der Waals surface area contributed by atoms with Crippen molar-refractivity contribution in [1.82, 2.24) is 10.5 Å². The van der Waals surface area contributed by atoms with E-state index in [0.717, 1.165) is 50.5 Å². The third-order valence-electron chi connectivity index (χ3n) is 6.37. The third-order valence-corrected chi connectivity index (χ3v) is 6.37. The molecule has 8 heteroatoms. The number of carbonyl (C=O) groups excluding carboxylic acids is 2. The van der Waals surface area contributed by atoms with Crippen molar-refractivity contribution >= 4 is 17.6 Å². The van der Waals surface area contributed by atoms with E-state index in [0.29, 0.717) is 30.3 Å². The Bertz CT molecular complexity index is 1020. The molecule has 2 N–H and O–H groups in total. The summed E-state index contributed by atoms with van der Waals surface area (Å²) in [5, 5.41) is 2.84. The summed E-state index contributed by atoms with van der Waals surface area (Å²) >= 11 is 0. The molecule has 33 heavy (non-hydrogen) atoms. The number of ether oxygens (including phenoxy) is 2. The fraction of sp³-hybridized carbons (Fsp3) is 0.480. The Kier molecular flexibility index (Phi) is 6.55. The average molecular weight is 452 g/mol. The molecule has 8 nitrogen and oxygen atoms in total. The molecule has 2 aromatic rings. The van der Waals surface area contributed by atoms with Gasteiger partial charge in [0, 0.05) is 37.1 Å². The van der Waals surface area contributed by atoms with Crippen molar-refractivity contribution in [3.8, 4) is 11.5 Å². The Hall–Kier alpha value is -2.97. The van der Waals surface area contributed by atoms with Crippen molar-refractivity contribution < 1.29 is 23.9 Å². The summed E-state index contributed by atoms with van der Waals surface area (Å²) < 4.78 is 11.5. The molecule has 2 heterocycles. The number of aromatic nitrogens is 1. The minimum Gasteiger partial charge on any atom is -0.457 e. The lowest BCUT2D eigenvalue weighted by Crippen LogP contribution is -2.38. The van der Waals surface area contributed by atoms with Gasteiger partial charge in [0.2, 0.25) is 11.8 Å². The van der Waals surface area contributed by atoms with Crippen molar-refractivity contribution in [3.63, 3.8) is 0 Å². The summed E-state index contributed by atoms with van der Waals surface area (Å²) in [5.74, 6) is 1.64. The SMILES string of the molecule is O=C(NOC1CCCCO1)C1CCc2ccc(Oc3ccnc(NC(=O)C4CC4)c3)cc2C1. The second-order valence-corrected chi connectivity index (χ2v) is 8.99. The molecule has 1 aliphatic heterocycles. The van der Waals surface area contributed by atoms with Gasteiger partial charge >= 0.3 is 0 Å². The van der Waals surface area contributed by atoms with Gasteiger partial charge in [-0.2, -0.15) is 0 Å². The van der Waals surface area contributed by atoms with E-state index in [2.05, 4.69) is 21.8 Å². The van der Waals surface area contributed by atoms with E-state index >= 15 is 0 Å². The highest BCUT2D eigenvalue weighted by Crippen LogP contribution is 2.32. The second kappa shape index (κ2) is 9.89. The topological polar surface area (TPSA) is 98.8 Å². The molecule has 3 aliphatic rings. The summed E-state index contributed by atoms with van der Waals surface area (Å²) in [6.45, 7) is 0.673. The van der Waals surface area contributed by atoms with Crippen molar-refractivity contribution in [1.29, 1.82) is 0 Å². The number of aryl methyl sites for hydroxylation is 1. The van der Waals surface area contributed by atoms with Crippen molar-refractivity contribution in [2.75, 3.05) is 11.9 Å². The minimum atomic E-state index is -0.349. The molecule has 2 fully saturated rings. The van der Waals surface area contributed by atoms with Crippen LogP contribution in [0.5, 0.6) is 11.5 Å². The molecule has 2 atom stereocenters. The fourth-order valence-electron chi connectivity index (χ4n) is 4.28. The number of rotatable bonds is 7. The number of nitrogens with one attached hydrogen (secondary N) is 2. The maximum absolute atomic E-state index is 12.6. The molecule has 1 saturated carbocycles. The Morgan fingerprint density at radius 1 is 0.939 bits per heavy atom. The van der Waals surface area contributed by atoms with Crippen molar-refractivity contribution in [3.05, 3.63) is 47.7 Å². The number of anilines is 1. The molecular weight excluding hydrogens is 422 g/mol. The lowest BCUT2D eigenvalue weighted by Gasteiger charge is -2.26. The van der Waals surface area contributed by atoms with Gasteiger partial charge in [-0.3, -0.25) is 9.59 Å². The first-order chi connectivity index (χ1) is 16.1. The standard InChI is InChI=1S/C25H29N3O5/c29-24(17-5-6-17)27-22-15-21(10-11-26-22)32-20-9-8-16-4-7-18(13-19(16)14-20)25(30)28-33-23-3-1-2-12-31-23/h8-11,14-15,17-18,23H,1-7,12-13H2,(H,28,30)(H,26,27,29). The van der Waals surface area contributed by atoms with Gasteiger partial charge in [-0.25, -0.2) is 15.3 Å². The minimum absolute atomic E-state index is 0.0109. The molecule has 0 spiro atoms. The van der Waals surface area contributed by atoms with Crippen molar-refractivity contribution in [2.45, 2.75) is 57.7 Å². The molecule has 2 aliphatic carbocycles. The van der Waals surface area contributed by atoms with Gasteiger partial charge in [0.05, 0.1) is 0 Å². The zero-order valence-electron chi connectivity index (χ0n) is 18.5. The first kappa shape index (κ1) is 21.9. The Morgan fingerprint density at radius 3 is 2.64 bits per heavy atom. The maximum Gasteiger partial charge on any atom is 0.247 e. The first-order valence-electron chi connectivity index (χ1n) is 11.8. The number of hydroxylamine groups is 1. The maximum atomic E-state index is 12.6. The zero-order chi connectivity index (χ0) is 22.6. The van der Waals surface area contributed by atoms with E-state index in [9.17, 15) is 9.59 Å². The van der Waals surface area contributed by atoms with Crippen LogP contribution in [0.2, 0.25) is 0 Å². The highest BCUT2D eigenvalue weighted by atomic mass is 16.8. The highest BCUT2D eigenvalue weighted by molar-refractivity contribution is 5.93. The lowest BCUT2D eigenvalue weighted by molar-refractivity contribution is -0.202. The van der Waals surface area contributed by atoms with Gasteiger partial charge in [-0.15, -0.1) is 0 Å². The van der Waals surface area contributed by atoms with Crippen LogP contribution < -0.4 is 15.5 Å². The van der Waals surface area contributed by atoms with Crippen LogP contribution in [0.4, 0.5) is 5.82 Å². The van der Waals surface area contributed by atoms with Gasteiger partial charge in [0.1, 0.15) is 17.3 Å². The number of nitrogens with zero attached hydrogens (tertiary/aromatic N) is 1. The van der Waals surface area contributed by atoms with E-state index in [1.165, 1.54) is 5.56 Å². The van der Waals surface area contributed by atoms with Crippen LogP contribution in [0.1, 0.15) is 49.7 Å². The van der Waals surface area contributed by atoms with Crippen LogP contribution in [0.15, 0.2) is 36.5 Å². The molecule has 1 aromatic heterocycles. The Balaban J connectivity index is 1.19. The summed E-state index contributed by atoms with van der Waals surface area (Å²) in [7, 11) is 0. The number of hydrogen-bond donors (Lipinski definition) is 2. The molecule has 174 valence electrons. The number of amides is 2. The largest absolute Gasteiger partial charge is 0.457 e. The lowest BCUT2D eigenvalue weighted by atomic mass is 9.83. The smallest absolute Gasteiger partial charge is 0.247 e. The van der Waals surface area contributed by atoms with E-state index < -0.39 is 0 Å². The third kappa shape index (κ3) is 5.69. The monoisotopic (exact) mass is 451 g/mol. The van der Waals surface area contributed by atoms with Crippen LogP contribution in [0.3, 0.4) is 0 Å². The quantitative estimate of drug-likeness (QED) is 0.620. The number of hydrogen-bond acceptors (Lipinski definition) is 6. The molecule has 2 unspecified atom stereocenters. The van der Waals surface area contributed by atoms with Gasteiger partial charge < -0.3 is 14.8 Å². The van der Waals surface area contributed by atoms with E-state index in [-0.39, 0.29) is 29.9 Å². The highest BCUT2D eigenvalue weighted by Gasteiger charge is 2.30. The van der Waals surface area contributed by atoms with E-state index in [1.807, 2.05) is 12.1 Å². The van der Waals surface area contributed by atoms with Gasteiger partial charge in [0.25, 0.3) is 0 Å². The summed E-state index contributed by atoms with van der Waals surface area (Å²) in [4.78, 5) is 34.3. The normalized spacial score (nSPS) is 22.2. The molecule has 0 bridgehead atoms. The van der Waals surface area contributed by atoms with Crippen LogP contribution in [-0.4, -0.2) is 29.7 Å². The Morgan fingerprint density at radius 2 is 1.82 bits per heavy atom. The predicted molar refractivity (Wildman–Crippen MR) is 120 cm³/mol. The van der Waals surface area contributed by atoms with Crippen LogP contribution in [-0.2, 0) is 32.0 Å². The molecule has 1 saturated heterocycles. The first-order valence-corrected chi connectivity index (χ1v) is 11.8. The van der Waals surface area contributed by atoms with Crippen LogP contribution in [0.25, 0.3) is 0 Å². The van der Waals surface area contributed by atoms with Crippen LogP contribution >= 0.6 is 0 Å². The predicted octanol–water partition coefficient (Wildman–Crippen LogP) is 3.90. The number of benzene rings is 1. The summed E-state index contributed by atoms with van der Waals surface area (Å²) in [5.41, 5.74) is 4.94. The van der Waals surface area contributed by atoms with Gasteiger partial charge in [-0.1, -0.05) is 6.07 Å². The second-order valence-electron chi connectivity index (χ2n) is 8.99. The van der Waals surface area contributed by atoms with E-state index in [1.54, 1.807) is 18.3 Å². The molecular formula is C25H29N3O5. The summed E-state index contributed by atoms with van der Waals surface area (Å²) in [6.07, 6.45) is 8.28. The number of pyridine rings is 1. The number of carbonyl (C=O) groups is 2. The van der Waals surface area contributed by atoms with Crippen molar-refractivity contribution in [2.24, 2.45) is 11.8 Å². The van der Waals surface area contributed by atoms with Gasteiger partial charge in [0.15, 0.2) is 6.29 Å². The fourth-order valence-corrected chi connectivity index (χ4v) is 4.28. The van der Waals surface area contributed by atoms with Gasteiger partial charge in [-0.05, 0) is 74.3 Å². The zero-order valence-corrected chi connectivity index (χ0v) is 18.5. The van der Waals surface area contributed by atoms with E-state index in [4.69, 9.17) is 14.3 Å².